The van der Waals surface area contributed by atoms with Crippen molar-refractivity contribution in [1.29, 1.82) is 0 Å². The van der Waals surface area contributed by atoms with Gasteiger partial charge in [0.2, 0.25) is 5.95 Å². The smallest absolute Gasteiger partial charge is 0.234 e. The molecule has 11 heterocycles. The van der Waals surface area contributed by atoms with Crippen LogP contribution in [0.25, 0.3) is 268 Å². The van der Waals surface area contributed by atoms with Gasteiger partial charge in [-0.05, 0) is 238 Å². The average molecular weight is 1840 g/mol. The topological polar surface area (TPSA) is 123 Å². The lowest BCUT2D eigenvalue weighted by molar-refractivity contribution is 0.963. The van der Waals surface area contributed by atoms with Crippen LogP contribution in [0, 0.1) is 0 Å². The van der Waals surface area contributed by atoms with Crippen molar-refractivity contribution in [2.75, 3.05) is 0 Å². The number of fused-ring (bicyclic) bond motifs is 20. The van der Waals surface area contributed by atoms with Crippen molar-refractivity contribution < 1.29 is 0 Å². The fraction of sp³-hybridized carbons (Fsp3) is 0. The molecule has 15 aromatic carbocycles. The first kappa shape index (κ1) is 83.8. The van der Waals surface area contributed by atoms with Gasteiger partial charge in [0.05, 0.1) is 73.3 Å². The number of hydrogen-bond donors (Lipinski definition) is 0. The second kappa shape index (κ2) is 35.5. The minimum Gasteiger partial charge on any atom is -0.307 e. The highest BCUT2D eigenvalue weighted by Gasteiger charge is 2.36. The summed E-state index contributed by atoms with van der Waals surface area (Å²) in [7, 11) is 0. The monoisotopic (exact) mass is 1840 g/mol. The Bertz CT molecular complexity index is 8940. The molecule has 144 heavy (non-hydrogen) atoms. The molecule has 0 unspecified atom stereocenters. The molecule has 0 atom stereocenters. The molecular formula is C132H84N12. The Labute approximate surface area is 831 Å². The van der Waals surface area contributed by atoms with Crippen LogP contribution < -0.4 is 0 Å². The van der Waals surface area contributed by atoms with Crippen LogP contribution in [0.5, 0.6) is 0 Å². The first-order chi connectivity index (χ1) is 71.6. The lowest BCUT2D eigenvalue weighted by Crippen LogP contribution is -2.03. The zero-order valence-corrected chi connectivity index (χ0v) is 77.9. The van der Waals surface area contributed by atoms with E-state index in [1.807, 2.05) is 91.6 Å². The van der Waals surface area contributed by atoms with E-state index in [4.69, 9.17) is 29.9 Å². The third kappa shape index (κ3) is 13.9. The normalized spacial score (nSPS) is 11.6. The fourth-order valence-electron chi connectivity index (χ4n) is 22.5. The molecule has 0 saturated heterocycles. The zero-order chi connectivity index (χ0) is 95.1. The highest BCUT2D eigenvalue weighted by atomic mass is 15.2. The Hall–Kier alpha value is -19.6. The maximum absolute atomic E-state index is 5.21. The van der Waals surface area contributed by atoms with Crippen LogP contribution in [0.1, 0.15) is 0 Å². The minimum atomic E-state index is 0.637. The summed E-state index contributed by atoms with van der Waals surface area (Å²) in [5.41, 5.74) is 47.5. The Balaban J connectivity index is 0.0000000959. The van der Waals surface area contributed by atoms with Gasteiger partial charge in [0.25, 0.3) is 0 Å². The summed E-state index contributed by atoms with van der Waals surface area (Å²) in [6.07, 6.45) is 12.9. The van der Waals surface area contributed by atoms with E-state index in [9.17, 15) is 0 Å². The molecule has 0 bridgehead atoms. The zero-order valence-electron chi connectivity index (χ0n) is 77.9. The molecule has 0 saturated carbocycles. The highest BCUT2D eigenvalue weighted by Crippen LogP contribution is 2.59. The van der Waals surface area contributed by atoms with Crippen molar-refractivity contribution in [3.05, 3.63) is 510 Å². The second-order valence-electron chi connectivity index (χ2n) is 36.2. The van der Waals surface area contributed by atoms with Gasteiger partial charge in [-0.25, -0.2) is 19.9 Å². The molecule has 0 fully saturated rings. The first-order valence-corrected chi connectivity index (χ1v) is 48.6. The lowest BCUT2D eigenvalue weighted by Gasteiger charge is -2.16. The molecule has 12 nitrogen and oxygen atoms in total. The van der Waals surface area contributed by atoms with E-state index in [0.717, 1.165) is 90.7 Å². The van der Waals surface area contributed by atoms with Crippen molar-refractivity contribution in [2.24, 2.45) is 0 Å². The third-order valence-corrected chi connectivity index (χ3v) is 28.3. The number of pyridine rings is 6. The predicted octanol–water partition coefficient (Wildman–Crippen LogP) is 32.9. The number of benzene rings is 15. The molecule has 4 aliphatic carbocycles. The molecule has 672 valence electrons. The summed E-state index contributed by atoms with van der Waals surface area (Å²) in [5, 5.41) is 4.92. The molecular weight excluding hydrogens is 1750 g/mol. The van der Waals surface area contributed by atoms with Gasteiger partial charge in [0.15, 0.2) is 0 Å². The lowest BCUT2D eigenvalue weighted by atomic mass is 9.93. The summed E-state index contributed by atoms with van der Waals surface area (Å²) in [5.74, 6) is 2.40. The van der Waals surface area contributed by atoms with E-state index in [1.165, 1.54) is 172 Å². The summed E-state index contributed by atoms with van der Waals surface area (Å²) in [6, 6.07) is 165. The molecule has 0 N–H and O–H groups in total. The van der Waals surface area contributed by atoms with Crippen LogP contribution in [-0.4, -0.2) is 58.1 Å². The van der Waals surface area contributed by atoms with E-state index in [1.54, 1.807) is 12.4 Å². The van der Waals surface area contributed by atoms with Gasteiger partial charge in [-0.1, -0.05) is 352 Å². The summed E-state index contributed by atoms with van der Waals surface area (Å²) in [4.78, 5) is 38.6. The SMILES string of the molecule is c1ccc(-c2c3c4c(cccc4n2-c2ccccn2)-c2ccccc2-c2ccccc2-3)nc1.c1ccc(-c2c3c4c(cccc4n2-c2ncccn2)-c2ccccc2-c2ccccc2-3)nc1.c1ccc(-c2cccc(-n3c(-c4ccccn4)c4c5c(cccc53)-c3ccccc3-c3ccccc3-4)c2)cc1.c1ccc(-c2cccc(-n3c(-c4ccccn4)c4c5c(cccc53)-c3ccccc3-c3ccccc3-4)n2)cc1. The highest BCUT2D eigenvalue weighted by molar-refractivity contribution is 6.23. The summed E-state index contributed by atoms with van der Waals surface area (Å²) < 4.78 is 9.13. The summed E-state index contributed by atoms with van der Waals surface area (Å²) in [6.45, 7) is 0. The maximum atomic E-state index is 5.21. The number of aromatic nitrogens is 12. The molecule has 0 radical (unpaired) electrons. The second-order valence-corrected chi connectivity index (χ2v) is 36.2. The largest absolute Gasteiger partial charge is 0.307 e. The quantitative estimate of drug-likeness (QED) is 0.133. The van der Waals surface area contributed by atoms with Crippen molar-refractivity contribution >= 4 is 43.6 Å². The predicted molar refractivity (Wildman–Crippen MR) is 588 cm³/mol. The molecule has 12 heteroatoms. The first-order valence-electron chi connectivity index (χ1n) is 48.6. The maximum Gasteiger partial charge on any atom is 0.234 e. The van der Waals surface area contributed by atoms with Crippen LogP contribution in [-0.2, 0) is 0 Å². The van der Waals surface area contributed by atoms with Crippen LogP contribution in [0.3, 0.4) is 0 Å². The van der Waals surface area contributed by atoms with Gasteiger partial charge in [-0.3, -0.25) is 33.6 Å². The van der Waals surface area contributed by atoms with E-state index in [0.29, 0.717) is 5.95 Å². The Morgan fingerprint density at radius 1 is 0.146 bits per heavy atom. The number of rotatable bonds is 10. The van der Waals surface area contributed by atoms with Crippen LogP contribution >= 0.6 is 0 Å². The van der Waals surface area contributed by atoms with Crippen molar-refractivity contribution in [3.63, 3.8) is 0 Å². The third-order valence-electron chi connectivity index (χ3n) is 28.3. The molecule has 30 rings (SSSR count). The summed E-state index contributed by atoms with van der Waals surface area (Å²) >= 11 is 0. The Morgan fingerprint density at radius 2 is 0.396 bits per heavy atom. The molecule has 26 aromatic rings. The standard InChI is InChI=1S/C37H24N2.C36H23N3.C30H19N3.C29H18N4/c1-2-12-25(13-3-1)26-14-10-15-27(24-26)39-34-22-11-20-31-29-17-5-4-16-28(29)30-18-6-7-19-32(30)36(35(31)34)37(39)33-21-8-9-23-38-33;1-2-12-24(13-3-1)30-20-11-22-33(38-30)39-32-21-10-18-28-26-15-5-4-14-25(26)27-16-6-7-17-29(27)35(34(28)32)36(39)31-19-8-9-23-37-31;1-2-11-21-20(10-1)22-12-3-4-13-24(22)29-28-23(21)14-9-16-26(28)33(27-17-6-8-19-32-27)30(29)25-15-5-7-18-31-25;1-2-10-20-19(9-1)21-11-3-4-12-23(21)27-26-22(20)13-7-15-25(26)33(29-31-17-8-18-32-29)28(27)24-14-5-6-16-30-24/h1-24H;1-23H;1-19H;1-18H. The Morgan fingerprint density at radius 3 is 0.757 bits per heavy atom. The van der Waals surface area contributed by atoms with Crippen molar-refractivity contribution in [1.82, 2.24) is 58.1 Å². The molecule has 11 aromatic heterocycles. The van der Waals surface area contributed by atoms with Gasteiger partial charge < -0.3 is 4.57 Å². The number of nitrogens with zero attached hydrogens (tertiary/aromatic N) is 12. The van der Waals surface area contributed by atoms with E-state index in [-0.39, 0.29) is 0 Å². The number of hydrogen-bond acceptors (Lipinski definition) is 8. The average Bonchev–Trinajstić information content (AvgIpc) is 1.57. The van der Waals surface area contributed by atoms with Crippen LogP contribution in [0.2, 0.25) is 0 Å². The van der Waals surface area contributed by atoms with Gasteiger partial charge in [-0.15, -0.1) is 0 Å². The van der Waals surface area contributed by atoms with Crippen molar-refractivity contribution in [3.8, 4) is 225 Å². The van der Waals surface area contributed by atoms with Gasteiger partial charge in [0, 0.05) is 98.4 Å². The molecule has 4 aliphatic rings. The van der Waals surface area contributed by atoms with Gasteiger partial charge >= 0.3 is 0 Å². The van der Waals surface area contributed by atoms with E-state index >= 15 is 0 Å². The molecule has 0 aliphatic heterocycles. The minimum absolute atomic E-state index is 0.637. The fourth-order valence-corrected chi connectivity index (χ4v) is 22.5. The van der Waals surface area contributed by atoms with Gasteiger partial charge in [0.1, 0.15) is 11.6 Å². The molecule has 0 amide bonds. The Kier molecular flexibility index (Phi) is 20.6. The van der Waals surface area contributed by atoms with Crippen LogP contribution in [0.15, 0.2) is 510 Å². The molecule has 0 spiro atoms. The van der Waals surface area contributed by atoms with Crippen molar-refractivity contribution in [2.45, 2.75) is 0 Å². The van der Waals surface area contributed by atoms with E-state index in [2.05, 4.69) is 435 Å². The van der Waals surface area contributed by atoms with Crippen LogP contribution in [0.4, 0.5) is 0 Å². The van der Waals surface area contributed by atoms with Gasteiger partial charge in [-0.2, -0.15) is 0 Å². The van der Waals surface area contributed by atoms with E-state index < -0.39 is 0 Å².